The van der Waals surface area contributed by atoms with Crippen molar-refractivity contribution in [1.29, 1.82) is 0 Å². The molecule has 0 spiro atoms. The minimum absolute atomic E-state index is 0.0284. The quantitative estimate of drug-likeness (QED) is 0.460. The number of piperazine rings is 1. The van der Waals surface area contributed by atoms with Gasteiger partial charge in [-0.1, -0.05) is 0 Å². The van der Waals surface area contributed by atoms with Crippen molar-refractivity contribution in [3.63, 3.8) is 0 Å². The van der Waals surface area contributed by atoms with Crippen LogP contribution in [0.3, 0.4) is 0 Å². The Morgan fingerprint density at radius 2 is 2.14 bits per heavy atom. The van der Waals surface area contributed by atoms with Crippen LogP contribution in [0.2, 0.25) is 0 Å². The monoisotopic (exact) mass is 293 g/mol. The second kappa shape index (κ2) is 5.19. The smallest absolute Gasteiger partial charge is 0.335 e. The van der Waals surface area contributed by atoms with Gasteiger partial charge in [-0.25, -0.2) is 4.79 Å². The Kier molecular flexibility index (Phi) is 3.57. The Labute approximate surface area is 118 Å². The number of rotatable bonds is 3. The van der Waals surface area contributed by atoms with E-state index in [1.165, 1.54) is 24.0 Å². The van der Waals surface area contributed by atoms with Crippen LogP contribution >= 0.6 is 0 Å². The van der Waals surface area contributed by atoms with Gasteiger partial charge in [0.1, 0.15) is 11.7 Å². The molecule has 0 aromatic heterocycles. The van der Waals surface area contributed by atoms with Gasteiger partial charge < -0.3 is 10.0 Å². The van der Waals surface area contributed by atoms with E-state index < -0.39 is 34.4 Å². The molecule has 0 radical (unpaired) electrons. The van der Waals surface area contributed by atoms with Crippen LogP contribution in [-0.2, 0) is 9.59 Å². The number of benzene rings is 1. The van der Waals surface area contributed by atoms with Gasteiger partial charge in [-0.3, -0.25) is 25.0 Å². The zero-order valence-corrected chi connectivity index (χ0v) is 10.9. The number of hydrogen-bond donors (Lipinski definition) is 2. The van der Waals surface area contributed by atoms with Crippen molar-refractivity contribution < 1.29 is 24.4 Å². The first kappa shape index (κ1) is 14.4. The number of carboxylic acids is 1. The van der Waals surface area contributed by atoms with E-state index in [0.29, 0.717) is 0 Å². The number of hydrogen-bond acceptors (Lipinski definition) is 6. The minimum Gasteiger partial charge on any atom is -0.478 e. The number of nitrogens with zero attached hydrogens (tertiary/aromatic N) is 2. The number of carboxylic acid groups (broad SMARTS) is 1. The molecular formula is C12H11N3O6. The zero-order valence-electron chi connectivity index (χ0n) is 10.9. The Morgan fingerprint density at radius 1 is 1.48 bits per heavy atom. The Morgan fingerprint density at radius 3 is 2.71 bits per heavy atom. The molecule has 2 rings (SSSR count). The topological polar surface area (TPSA) is 130 Å². The third-order valence-electron chi connectivity index (χ3n) is 3.15. The van der Waals surface area contributed by atoms with Crippen LogP contribution < -0.4 is 10.2 Å². The van der Waals surface area contributed by atoms with Gasteiger partial charge in [-0.2, -0.15) is 0 Å². The lowest BCUT2D eigenvalue weighted by atomic mass is 10.1. The van der Waals surface area contributed by atoms with Crippen LogP contribution in [0.1, 0.15) is 17.3 Å². The predicted molar refractivity (Wildman–Crippen MR) is 70.0 cm³/mol. The fourth-order valence-electron chi connectivity index (χ4n) is 2.05. The Bertz CT molecular complexity index is 656. The third-order valence-corrected chi connectivity index (χ3v) is 3.15. The lowest BCUT2D eigenvalue weighted by molar-refractivity contribution is -0.384. The van der Waals surface area contributed by atoms with Crippen molar-refractivity contribution in [3.05, 3.63) is 33.9 Å². The van der Waals surface area contributed by atoms with Gasteiger partial charge in [0.15, 0.2) is 0 Å². The van der Waals surface area contributed by atoms with Crippen molar-refractivity contribution in [2.45, 2.75) is 13.0 Å². The second-order valence-corrected chi connectivity index (χ2v) is 4.48. The SMILES string of the molecule is CC1C(=O)NC(=O)CN1c1ccc(C(=O)O)cc1[N+](=O)[O-]. The molecule has 1 unspecified atom stereocenters. The normalized spacial score (nSPS) is 18.3. The number of carbonyl (C=O) groups is 3. The van der Waals surface area contributed by atoms with Crippen molar-refractivity contribution in [1.82, 2.24) is 5.32 Å². The van der Waals surface area contributed by atoms with Crippen LogP contribution in [0.25, 0.3) is 0 Å². The van der Waals surface area contributed by atoms with E-state index in [0.717, 1.165) is 6.07 Å². The first-order valence-corrected chi connectivity index (χ1v) is 5.93. The van der Waals surface area contributed by atoms with E-state index in [1.54, 1.807) is 0 Å². The molecule has 1 fully saturated rings. The van der Waals surface area contributed by atoms with Gasteiger partial charge in [-0.15, -0.1) is 0 Å². The first-order valence-electron chi connectivity index (χ1n) is 5.93. The van der Waals surface area contributed by atoms with E-state index in [1.807, 2.05) is 0 Å². The first-order chi connectivity index (χ1) is 9.81. The highest BCUT2D eigenvalue weighted by molar-refractivity contribution is 6.05. The average molecular weight is 293 g/mol. The second-order valence-electron chi connectivity index (χ2n) is 4.48. The van der Waals surface area contributed by atoms with Crippen molar-refractivity contribution in [3.8, 4) is 0 Å². The van der Waals surface area contributed by atoms with E-state index in [2.05, 4.69) is 5.32 Å². The summed E-state index contributed by atoms with van der Waals surface area (Å²) < 4.78 is 0. The number of amides is 2. The van der Waals surface area contributed by atoms with Gasteiger partial charge in [0, 0.05) is 6.07 Å². The summed E-state index contributed by atoms with van der Waals surface area (Å²) in [7, 11) is 0. The lowest BCUT2D eigenvalue weighted by Gasteiger charge is -2.33. The minimum atomic E-state index is -1.30. The zero-order chi connectivity index (χ0) is 15.7. The summed E-state index contributed by atoms with van der Waals surface area (Å²) in [6.45, 7) is 1.27. The Balaban J connectivity index is 2.52. The molecule has 1 aromatic rings. The number of aromatic carboxylic acids is 1. The van der Waals surface area contributed by atoms with Crippen molar-refractivity contribution >= 4 is 29.2 Å². The molecule has 0 bridgehead atoms. The molecule has 1 saturated heterocycles. The number of carbonyl (C=O) groups excluding carboxylic acids is 2. The average Bonchev–Trinajstić information content (AvgIpc) is 2.42. The number of nitrogens with one attached hydrogen (secondary N) is 1. The van der Waals surface area contributed by atoms with Crippen molar-refractivity contribution in [2.75, 3.05) is 11.4 Å². The summed E-state index contributed by atoms with van der Waals surface area (Å²) in [5, 5.41) is 22.1. The maximum absolute atomic E-state index is 11.6. The molecule has 0 saturated carbocycles. The van der Waals surface area contributed by atoms with E-state index in [9.17, 15) is 24.5 Å². The summed E-state index contributed by atoms with van der Waals surface area (Å²) in [5.41, 5.74) is -0.684. The van der Waals surface area contributed by atoms with Gasteiger partial charge in [0.05, 0.1) is 17.0 Å². The summed E-state index contributed by atoms with van der Waals surface area (Å²) in [5.74, 6) is -2.44. The number of nitro groups is 1. The Hall–Kier alpha value is -2.97. The molecule has 110 valence electrons. The molecule has 21 heavy (non-hydrogen) atoms. The largest absolute Gasteiger partial charge is 0.478 e. The van der Waals surface area contributed by atoms with Crippen molar-refractivity contribution in [2.24, 2.45) is 0 Å². The van der Waals surface area contributed by atoms with Crippen LogP contribution in [0.15, 0.2) is 18.2 Å². The summed E-state index contributed by atoms with van der Waals surface area (Å²) in [6, 6.07) is 2.54. The molecule has 1 aliphatic heterocycles. The van der Waals surface area contributed by atoms with Crippen LogP contribution in [0.5, 0.6) is 0 Å². The third kappa shape index (κ3) is 2.66. The van der Waals surface area contributed by atoms with E-state index in [4.69, 9.17) is 5.11 Å². The van der Waals surface area contributed by atoms with Gasteiger partial charge in [-0.05, 0) is 19.1 Å². The molecule has 9 nitrogen and oxygen atoms in total. The van der Waals surface area contributed by atoms with E-state index in [-0.39, 0.29) is 17.8 Å². The standard InChI is InChI=1S/C12H11N3O6/c1-6-11(17)13-10(16)5-14(6)8-3-2-7(12(18)19)4-9(8)15(20)21/h2-4,6H,5H2,1H3,(H,18,19)(H,13,16,17). The summed E-state index contributed by atoms with van der Waals surface area (Å²) >= 11 is 0. The van der Waals surface area contributed by atoms with Crippen LogP contribution in [0, 0.1) is 10.1 Å². The molecule has 0 aliphatic carbocycles. The van der Waals surface area contributed by atoms with Gasteiger partial charge in [0.25, 0.3) is 5.69 Å². The van der Waals surface area contributed by atoms with Crippen LogP contribution in [-0.4, -0.2) is 40.4 Å². The summed E-state index contributed by atoms with van der Waals surface area (Å²) in [6.07, 6.45) is 0. The molecule has 1 atom stereocenters. The molecular weight excluding hydrogens is 282 g/mol. The molecule has 1 aromatic carbocycles. The predicted octanol–water partition coefficient (Wildman–Crippen LogP) is 0.144. The highest BCUT2D eigenvalue weighted by atomic mass is 16.6. The summed E-state index contributed by atoms with van der Waals surface area (Å²) in [4.78, 5) is 45.5. The molecule has 2 N–H and O–H groups in total. The maximum Gasteiger partial charge on any atom is 0.335 e. The van der Waals surface area contributed by atoms with Gasteiger partial charge >= 0.3 is 5.97 Å². The molecule has 1 aliphatic rings. The highest BCUT2D eigenvalue weighted by Gasteiger charge is 2.34. The molecule has 2 amide bonds. The highest BCUT2D eigenvalue weighted by Crippen LogP contribution is 2.31. The maximum atomic E-state index is 11.6. The fraction of sp³-hybridized carbons (Fsp3) is 0.250. The number of anilines is 1. The number of nitro benzene ring substituents is 1. The number of imide groups is 1. The lowest BCUT2D eigenvalue weighted by Crippen LogP contribution is -2.57. The van der Waals surface area contributed by atoms with E-state index >= 15 is 0 Å². The van der Waals surface area contributed by atoms with Gasteiger partial charge in [0.2, 0.25) is 11.8 Å². The van der Waals surface area contributed by atoms with Crippen LogP contribution in [0.4, 0.5) is 11.4 Å². The molecule has 1 heterocycles. The molecule has 9 heteroatoms. The fourth-order valence-corrected chi connectivity index (χ4v) is 2.05.